The number of hydrogen-bond acceptors (Lipinski definition) is 6. The zero-order valence-electron chi connectivity index (χ0n) is 20.7. The molecule has 0 aromatic carbocycles. The highest BCUT2D eigenvalue weighted by atomic mass is 19.4. The van der Waals surface area contributed by atoms with E-state index in [0.29, 0.717) is 46.5 Å². The second kappa shape index (κ2) is 9.80. The summed E-state index contributed by atoms with van der Waals surface area (Å²) in [6.45, 7) is 1.92. The van der Waals surface area contributed by atoms with E-state index in [9.17, 15) is 17.6 Å². The lowest BCUT2D eigenvalue weighted by molar-refractivity contribution is -0.144. The van der Waals surface area contributed by atoms with Crippen molar-refractivity contribution in [2.45, 2.75) is 32.0 Å². The van der Waals surface area contributed by atoms with Gasteiger partial charge in [0.2, 0.25) is 5.82 Å². The van der Waals surface area contributed by atoms with Crippen molar-refractivity contribution in [3.63, 3.8) is 0 Å². The summed E-state index contributed by atoms with van der Waals surface area (Å²) in [5.41, 5.74) is 2.53. The van der Waals surface area contributed by atoms with Gasteiger partial charge in [0.1, 0.15) is 17.8 Å². The molecular formula is C25H23F4N9. The van der Waals surface area contributed by atoms with Crippen molar-refractivity contribution in [2.75, 3.05) is 14.1 Å². The molecule has 4 aromatic rings. The zero-order valence-corrected chi connectivity index (χ0v) is 20.7. The maximum atomic E-state index is 14.4. The Morgan fingerprint density at radius 1 is 1.08 bits per heavy atom. The lowest BCUT2D eigenvalue weighted by Crippen LogP contribution is -2.10. The van der Waals surface area contributed by atoms with Gasteiger partial charge < -0.3 is 9.47 Å². The minimum Gasteiger partial charge on any atom is -0.369 e. The van der Waals surface area contributed by atoms with Crippen LogP contribution in [-0.4, -0.2) is 59.6 Å². The number of fused-ring (bicyclic) bond motifs is 1. The van der Waals surface area contributed by atoms with Crippen molar-refractivity contribution in [1.29, 1.82) is 0 Å². The second-order valence-corrected chi connectivity index (χ2v) is 8.97. The van der Waals surface area contributed by atoms with Gasteiger partial charge in [-0.25, -0.2) is 34.0 Å². The topological polar surface area (TPSA) is 89.9 Å². The monoisotopic (exact) mass is 525 g/mol. The summed E-state index contributed by atoms with van der Waals surface area (Å²) in [5.74, 6) is -1.13. The standard InChI is InChI=1S/C25H23F4N9/c1-15(17-10-35-38(11-17)20-7-5-4-6-19(20)26)37-12-18(16-8-30-24(31-9-16)25(27,28)29)21-22(34-14-36(2)3)32-13-33-23(21)37/h5,7-15H,4,6H2,1-3H3. The van der Waals surface area contributed by atoms with Crippen LogP contribution < -0.4 is 0 Å². The molecule has 0 bridgehead atoms. The number of alkyl halides is 3. The highest BCUT2D eigenvalue weighted by molar-refractivity contribution is 6.01. The van der Waals surface area contributed by atoms with E-state index in [-0.39, 0.29) is 11.9 Å². The average Bonchev–Trinajstić information content (AvgIpc) is 3.53. The van der Waals surface area contributed by atoms with Gasteiger partial charge in [-0.15, -0.1) is 0 Å². The smallest absolute Gasteiger partial charge is 0.369 e. The average molecular weight is 526 g/mol. The molecule has 1 aliphatic rings. The highest BCUT2D eigenvalue weighted by Crippen LogP contribution is 2.38. The third-order valence-electron chi connectivity index (χ3n) is 6.05. The van der Waals surface area contributed by atoms with Gasteiger partial charge >= 0.3 is 6.18 Å². The fraction of sp³-hybridized carbons (Fsp3) is 0.280. The first kappa shape index (κ1) is 25.2. The van der Waals surface area contributed by atoms with E-state index in [1.807, 2.05) is 17.6 Å². The Labute approximate surface area is 214 Å². The molecule has 1 aliphatic carbocycles. The first-order chi connectivity index (χ1) is 18.1. The molecule has 0 N–H and O–H groups in total. The molecule has 1 unspecified atom stereocenters. The van der Waals surface area contributed by atoms with Crippen LogP contribution in [0.2, 0.25) is 0 Å². The molecule has 4 aromatic heterocycles. The Morgan fingerprint density at radius 3 is 2.53 bits per heavy atom. The minimum absolute atomic E-state index is 0.234. The van der Waals surface area contributed by atoms with Crippen molar-refractivity contribution in [2.24, 2.45) is 4.99 Å². The van der Waals surface area contributed by atoms with Crippen molar-refractivity contribution in [3.8, 4) is 11.1 Å². The van der Waals surface area contributed by atoms with Crippen LogP contribution in [-0.2, 0) is 6.18 Å². The summed E-state index contributed by atoms with van der Waals surface area (Å²) in [7, 11) is 3.61. The summed E-state index contributed by atoms with van der Waals surface area (Å²) in [6, 6.07) is -0.327. The van der Waals surface area contributed by atoms with Crippen molar-refractivity contribution in [1.82, 2.24) is 39.2 Å². The van der Waals surface area contributed by atoms with Crippen LogP contribution >= 0.6 is 0 Å². The molecule has 1 atom stereocenters. The van der Waals surface area contributed by atoms with E-state index < -0.39 is 12.0 Å². The van der Waals surface area contributed by atoms with E-state index in [1.54, 1.807) is 50.0 Å². The van der Waals surface area contributed by atoms with Crippen molar-refractivity contribution < 1.29 is 17.6 Å². The molecule has 4 heterocycles. The Kier molecular flexibility index (Phi) is 6.51. The van der Waals surface area contributed by atoms with Crippen molar-refractivity contribution in [3.05, 3.63) is 66.7 Å². The Bertz CT molecular complexity index is 1560. The van der Waals surface area contributed by atoms with E-state index in [1.165, 1.54) is 11.0 Å². The molecule has 0 fully saturated rings. The van der Waals surface area contributed by atoms with Crippen LogP contribution in [0.5, 0.6) is 0 Å². The third-order valence-corrected chi connectivity index (χ3v) is 6.05. The minimum atomic E-state index is -4.66. The summed E-state index contributed by atoms with van der Waals surface area (Å²) < 4.78 is 56.9. The van der Waals surface area contributed by atoms with Gasteiger partial charge in [0.15, 0.2) is 5.82 Å². The number of halogens is 4. The predicted octanol–water partition coefficient (Wildman–Crippen LogP) is 5.42. The third kappa shape index (κ3) is 4.78. The lowest BCUT2D eigenvalue weighted by Gasteiger charge is -2.13. The normalized spacial score (nSPS) is 15.1. The van der Waals surface area contributed by atoms with Gasteiger partial charge in [-0.2, -0.15) is 18.3 Å². The Hall–Kier alpha value is -4.42. The molecule has 13 heteroatoms. The summed E-state index contributed by atoms with van der Waals surface area (Å²) >= 11 is 0. The number of allylic oxidation sites excluding steroid dienone is 4. The van der Waals surface area contributed by atoms with Crippen LogP contribution in [0.1, 0.15) is 37.2 Å². The molecule has 0 radical (unpaired) electrons. The van der Waals surface area contributed by atoms with E-state index in [2.05, 4.69) is 30.0 Å². The van der Waals surface area contributed by atoms with Crippen LogP contribution in [0.3, 0.4) is 0 Å². The fourth-order valence-corrected chi connectivity index (χ4v) is 4.13. The maximum absolute atomic E-state index is 14.4. The Balaban J connectivity index is 1.63. The van der Waals surface area contributed by atoms with E-state index in [0.717, 1.165) is 18.0 Å². The molecular weight excluding hydrogens is 502 g/mol. The SMILES string of the molecule is CC(c1cnn(C2=C(F)CCC=C2)c1)n1cc(-c2cnc(C(F)(F)F)nc2)c2c(N=CN(C)C)ncnc21. The lowest BCUT2D eigenvalue weighted by atomic mass is 10.1. The van der Waals surface area contributed by atoms with Gasteiger partial charge in [0, 0.05) is 62.0 Å². The molecule has 5 rings (SSSR count). The molecule has 38 heavy (non-hydrogen) atoms. The second-order valence-electron chi connectivity index (χ2n) is 8.97. The maximum Gasteiger partial charge on any atom is 0.451 e. The number of hydrogen-bond donors (Lipinski definition) is 0. The van der Waals surface area contributed by atoms with Crippen LogP contribution in [0, 0.1) is 0 Å². The molecule has 0 spiro atoms. The van der Waals surface area contributed by atoms with Gasteiger partial charge in [0.25, 0.3) is 0 Å². The first-order valence-electron chi connectivity index (χ1n) is 11.7. The molecule has 0 aliphatic heterocycles. The molecule has 9 nitrogen and oxygen atoms in total. The summed E-state index contributed by atoms with van der Waals surface area (Å²) in [5, 5.41) is 4.87. The summed E-state index contributed by atoms with van der Waals surface area (Å²) in [4.78, 5) is 22.0. The first-order valence-corrected chi connectivity index (χ1v) is 11.7. The van der Waals surface area contributed by atoms with Gasteiger partial charge in [-0.1, -0.05) is 6.08 Å². The summed E-state index contributed by atoms with van der Waals surface area (Å²) in [6.07, 6.45) is 10.2. The Morgan fingerprint density at radius 2 is 1.84 bits per heavy atom. The fourth-order valence-electron chi connectivity index (χ4n) is 4.13. The number of rotatable bonds is 6. The van der Waals surface area contributed by atoms with Crippen LogP contribution in [0.4, 0.5) is 23.4 Å². The molecule has 196 valence electrons. The van der Waals surface area contributed by atoms with Gasteiger partial charge in [-0.3, -0.25) is 0 Å². The zero-order chi connectivity index (χ0) is 27.0. The van der Waals surface area contributed by atoms with Gasteiger partial charge in [0.05, 0.1) is 29.7 Å². The largest absolute Gasteiger partial charge is 0.451 e. The van der Waals surface area contributed by atoms with Gasteiger partial charge in [-0.05, 0) is 19.4 Å². The van der Waals surface area contributed by atoms with Crippen LogP contribution in [0.15, 0.2) is 60.3 Å². The number of nitrogens with zero attached hydrogens (tertiary/aromatic N) is 9. The van der Waals surface area contributed by atoms with E-state index in [4.69, 9.17) is 0 Å². The predicted molar refractivity (Wildman–Crippen MR) is 134 cm³/mol. The molecule has 0 saturated heterocycles. The van der Waals surface area contributed by atoms with Crippen LogP contribution in [0.25, 0.3) is 27.9 Å². The quantitative estimate of drug-likeness (QED) is 0.190. The molecule has 0 amide bonds. The molecule has 0 saturated carbocycles. The number of aliphatic imine (C=N–C) groups is 1. The van der Waals surface area contributed by atoms with E-state index >= 15 is 0 Å². The highest BCUT2D eigenvalue weighted by Gasteiger charge is 2.34. The number of aromatic nitrogens is 7. The van der Waals surface area contributed by atoms with Crippen molar-refractivity contribution >= 4 is 28.9 Å².